The summed E-state index contributed by atoms with van der Waals surface area (Å²) in [7, 11) is 0. The summed E-state index contributed by atoms with van der Waals surface area (Å²) in [5.41, 5.74) is 2.13. The quantitative estimate of drug-likeness (QED) is 0.538. The second kappa shape index (κ2) is 9.24. The third-order valence-electron chi connectivity index (χ3n) is 4.74. The van der Waals surface area contributed by atoms with Gasteiger partial charge < -0.3 is 9.88 Å². The Morgan fingerprint density at radius 2 is 2.10 bits per heavy atom. The van der Waals surface area contributed by atoms with Gasteiger partial charge in [0.25, 0.3) is 0 Å². The van der Waals surface area contributed by atoms with Crippen LogP contribution in [0.25, 0.3) is 11.4 Å². The third-order valence-corrected chi connectivity index (χ3v) is 7.07. The predicted octanol–water partition coefficient (Wildman–Crippen LogP) is 5.06. The average molecular weight is 445 g/mol. The van der Waals surface area contributed by atoms with Crippen LogP contribution in [0.3, 0.4) is 0 Å². The summed E-state index contributed by atoms with van der Waals surface area (Å²) in [6, 6.07) is 15.9. The van der Waals surface area contributed by atoms with Crippen LogP contribution in [0, 0.1) is 0 Å². The Labute approximate surface area is 183 Å². The molecule has 150 valence electrons. The van der Waals surface area contributed by atoms with E-state index in [9.17, 15) is 4.79 Å². The van der Waals surface area contributed by atoms with Crippen molar-refractivity contribution in [3.63, 3.8) is 0 Å². The second-order valence-electron chi connectivity index (χ2n) is 6.64. The fraction of sp³-hybridized carbons (Fsp3) is 0.286. The lowest BCUT2D eigenvalue weighted by molar-refractivity contribution is -0.119. The normalized spacial score (nSPS) is 15.7. The highest BCUT2D eigenvalue weighted by molar-refractivity contribution is 7.99. The van der Waals surface area contributed by atoms with Gasteiger partial charge in [0.2, 0.25) is 5.91 Å². The number of halogens is 1. The van der Waals surface area contributed by atoms with Crippen molar-refractivity contribution in [2.75, 3.05) is 11.5 Å². The number of nitrogens with zero attached hydrogens (tertiary/aromatic N) is 3. The average Bonchev–Trinajstić information content (AvgIpc) is 3.16. The Hall–Kier alpha value is -1.96. The molecule has 2 aromatic carbocycles. The third kappa shape index (κ3) is 4.63. The lowest BCUT2D eigenvalue weighted by Gasteiger charge is -2.26. The summed E-state index contributed by atoms with van der Waals surface area (Å²) in [5.74, 6) is 2.10. The van der Waals surface area contributed by atoms with Crippen molar-refractivity contribution in [2.24, 2.45) is 0 Å². The molecule has 2 heterocycles. The van der Waals surface area contributed by atoms with Gasteiger partial charge in [0, 0.05) is 27.8 Å². The van der Waals surface area contributed by atoms with E-state index in [0.717, 1.165) is 40.8 Å². The van der Waals surface area contributed by atoms with Crippen molar-refractivity contribution in [1.82, 2.24) is 20.1 Å². The lowest BCUT2D eigenvalue weighted by Crippen LogP contribution is -2.32. The van der Waals surface area contributed by atoms with Crippen molar-refractivity contribution >= 4 is 41.0 Å². The molecule has 0 saturated carbocycles. The molecule has 0 radical (unpaired) electrons. The molecule has 0 saturated heterocycles. The van der Waals surface area contributed by atoms with E-state index < -0.39 is 0 Å². The monoisotopic (exact) mass is 444 g/mol. The predicted molar refractivity (Wildman–Crippen MR) is 120 cm³/mol. The van der Waals surface area contributed by atoms with Crippen LogP contribution < -0.4 is 5.32 Å². The number of carbonyl (C=O) groups is 1. The highest BCUT2D eigenvalue weighted by atomic mass is 35.5. The molecule has 8 heteroatoms. The molecule has 1 amide bonds. The zero-order valence-corrected chi connectivity index (χ0v) is 18.4. The minimum atomic E-state index is -0.00950. The number of benzene rings is 2. The van der Waals surface area contributed by atoms with Crippen molar-refractivity contribution in [3.8, 4) is 11.4 Å². The molecule has 0 fully saturated rings. The van der Waals surface area contributed by atoms with E-state index in [-0.39, 0.29) is 11.9 Å². The van der Waals surface area contributed by atoms with E-state index in [0.29, 0.717) is 10.8 Å². The first kappa shape index (κ1) is 20.3. The standard InChI is InChI=1S/C21H21ClN4OS2/c1-2-26-20(14-6-4-3-5-7-14)24-25-21(26)29-13-19(27)23-17-10-11-28-18-9-8-15(22)12-16(17)18/h3-9,12,17H,2,10-11,13H2,1H3,(H,23,27)/t17-/m1/s1. The van der Waals surface area contributed by atoms with Crippen molar-refractivity contribution < 1.29 is 4.79 Å². The number of hydrogen-bond donors (Lipinski definition) is 1. The zero-order valence-electron chi connectivity index (χ0n) is 16.0. The van der Waals surface area contributed by atoms with Crippen molar-refractivity contribution in [1.29, 1.82) is 0 Å². The molecule has 1 aromatic heterocycles. The van der Waals surface area contributed by atoms with E-state index in [1.807, 2.05) is 64.9 Å². The molecular formula is C21H21ClN4OS2. The summed E-state index contributed by atoms with van der Waals surface area (Å²) in [4.78, 5) is 13.8. The Morgan fingerprint density at radius 1 is 1.28 bits per heavy atom. The maximum atomic E-state index is 12.6. The SMILES string of the molecule is CCn1c(SCC(=O)N[C@@H]2CCSc3ccc(Cl)cc32)nnc1-c1ccccc1. The number of nitrogens with one attached hydrogen (secondary N) is 1. The largest absolute Gasteiger partial charge is 0.348 e. The number of amides is 1. The Morgan fingerprint density at radius 3 is 2.90 bits per heavy atom. The molecule has 4 rings (SSSR count). The number of hydrogen-bond acceptors (Lipinski definition) is 5. The van der Waals surface area contributed by atoms with E-state index in [2.05, 4.69) is 22.4 Å². The van der Waals surface area contributed by atoms with Gasteiger partial charge in [-0.1, -0.05) is 53.7 Å². The first-order valence-corrected chi connectivity index (χ1v) is 11.8. The molecule has 5 nitrogen and oxygen atoms in total. The Bertz CT molecular complexity index is 1010. The lowest BCUT2D eigenvalue weighted by atomic mass is 10.0. The molecule has 0 unspecified atom stereocenters. The van der Waals surface area contributed by atoms with Crippen LogP contribution in [-0.4, -0.2) is 32.2 Å². The topological polar surface area (TPSA) is 59.8 Å². The maximum absolute atomic E-state index is 12.6. The van der Waals surface area contributed by atoms with Crippen molar-refractivity contribution in [2.45, 2.75) is 36.0 Å². The van der Waals surface area contributed by atoms with Gasteiger partial charge in [-0.3, -0.25) is 4.79 Å². The molecule has 1 N–H and O–H groups in total. The van der Waals surface area contributed by atoms with Crippen LogP contribution in [0.1, 0.15) is 24.9 Å². The van der Waals surface area contributed by atoms with E-state index >= 15 is 0 Å². The van der Waals surface area contributed by atoms with Crippen molar-refractivity contribution in [3.05, 3.63) is 59.1 Å². The van der Waals surface area contributed by atoms with E-state index in [1.54, 1.807) is 0 Å². The van der Waals surface area contributed by atoms with Gasteiger partial charge in [0.15, 0.2) is 11.0 Å². The highest BCUT2D eigenvalue weighted by Gasteiger charge is 2.23. The molecule has 3 aromatic rings. The smallest absolute Gasteiger partial charge is 0.230 e. The van der Waals surface area contributed by atoms with Crippen LogP contribution in [0.2, 0.25) is 5.02 Å². The first-order valence-electron chi connectivity index (χ1n) is 9.48. The first-order chi connectivity index (χ1) is 14.2. The molecule has 29 heavy (non-hydrogen) atoms. The number of aromatic nitrogens is 3. The Kier molecular flexibility index (Phi) is 6.47. The summed E-state index contributed by atoms with van der Waals surface area (Å²) in [6.45, 7) is 2.80. The molecule has 0 aliphatic carbocycles. The number of carbonyl (C=O) groups excluding carboxylic acids is 1. The van der Waals surface area contributed by atoms with Gasteiger partial charge in [-0.2, -0.15) is 0 Å². The van der Waals surface area contributed by atoms with Gasteiger partial charge in [0.05, 0.1) is 11.8 Å². The molecular weight excluding hydrogens is 424 g/mol. The van der Waals surface area contributed by atoms with Crippen LogP contribution in [-0.2, 0) is 11.3 Å². The molecule has 1 aliphatic rings. The van der Waals surface area contributed by atoms with Gasteiger partial charge in [-0.05, 0) is 37.1 Å². The fourth-order valence-electron chi connectivity index (χ4n) is 3.36. The summed E-state index contributed by atoms with van der Waals surface area (Å²) < 4.78 is 2.04. The number of fused-ring (bicyclic) bond motifs is 1. The van der Waals surface area contributed by atoms with Crippen LogP contribution in [0.15, 0.2) is 58.6 Å². The van der Waals surface area contributed by atoms with Gasteiger partial charge in [-0.15, -0.1) is 22.0 Å². The molecule has 0 spiro atoms. The van der Waals surface area contributed by atoms with Gasteiger partial charge in [-0.25, -0.2) is 0 Å². The Balaban J connectivity index is 1.42. The fourth-order valence-corrected chi connectivity index (χ4v) is 5.46. The van der Waals surface area contributed by atoms with E-state index in [4.69, 9.17) is 11.6 Å². The second-order valence-corrected chi connectivity index (χ2v) is 9.16. The maximum Gasteiger partial charge on any atom is 0.230 e. The summed E-state index contributed by atoms with van der Waals surface area (Å²) >= 11 is 9.38. The molecule has 1 aliphatic heterocycles. The molecule has 0 bridgehead atoms. The van der Waals surface area contributed by atoms with Crippen LogP contribution >= 0.6 is 35.1 Å². The summed E-state index contributed by atoms with van der Waals surface area (Å²) in [5, 5.41) is 13.2. The number of thioether (sulfide) groups is 2. The van der Waals surface area contributed by atoms with E-state index in [1.165, 1.54) is 16.7 Å². The zero-order chi connectivity index (χ0) is 20.2. The minimum absolute atomic E-state index is 0.00183. The van der Waals surface area contributed by atoms with Crippen LogP contribution in [0.4, 0.5) is 0 Å². The molecule has 1 atom stereocenters. The van der Waals surface area contributed by atoms with Gasteiger partial charge >= 0.3 is 0 Å². The number of rotatable bonds is 6. The minimum Gasteiger partial charge on any atom is -0.348 e. The van der Waals surface area contributed by atoms with Gasteiger partial charge in [0.1, 0.15) is 0 Å². The highest BCUT2D eigenvalue weighted by Crippen LogP contribution is 2.37. The van der Waals surface area contributed by atoms with Crippen LogP contribution in [0.5, 0.6) is 0 Å². The summed E-state index contributed by atoms with van der Waals surface area (Å²) in [6.07, 6.45) is 0.901.